The van der Waals surface area contributed by atoms with Crippen molar-refractivity contribution in [2.45, 2.75) is 20.4 Å². The van der Waals surface area contributed by atoms with Gasteiger partial charge in [0.05, 0.1) is 11.6 Å². The highest BCUT2D eigenvalue weighted by atomic mass is 35.5. The van der Waals surface area contributed by atoms with E-state index in [0.29, 0.717) is 11.1 Å². The molecule has 0 amide bonds. The van der Waals surface area contributed by atoms with Gasteiger partial charge < -0.3 is 4.57 Å². The normalized spacial score (nSPS) is 10.7. The molecule has 0 unspecified atom stereocenters. The molecular weight excluding hydrogens is 255 g/mol. The molecule has 94 valence electrons. The number of imidazole rings is 1. The number of Topliss-reactive ketones (excluding diaryl/α,β-unsaturated/α-hetero) is 1. The van der Waals surface area contributed by atoms with Crippen molar-refractivity contribution in [2.24, 2.45) is 0 Å². The smallest absolute Gasteiger partial charge is 0.184 e. The number of halogens is 2. The highest BCUT2D eigenvalue weighted by Gasteiger charge is 2.14. The predicted molar refractivity (Wildman–Crippen MR) is 67.4 cm³/mol. The summed E-state index contributed by atoms with van der Waals surface area (Å²) >= 11 is 5.89. The second kappa shape index (κ2) is 4.90. The number of nitrogens with zero attached hydrogens (tertiary/aromatic N) is 2. The van der Waals surface area contributed by atoms with Crippen LogP contribution < -0.4 is 0 Å². The summed E-state index contributed by atoms with van der Waals surface area (Å²) in [4.78, 5) is 16.1. The lowest BCUT2D eigenvalue weighted by Gasteiger charge is -2.07. The maximum atomic E-state index is 13.3. The molecule has 0 radical (unpaired) electrons. The van der Waals surface area contributed by atoms with Crippen molar-refractivity contribution in [3.05, 3.63) is 52.3 Å². The van der Waals surface area contributed by atoms with Crippen molar-refractivity contribution in [1.82, 2.24) is 9.55 Å². The molecule has 0 spiro atoms. The summed E-state index contributed by atoms with van der Waals surface area (Å²) in [5.74, 6) is 0.179. The summed E-state index contributed by atoms with van der Waals surface area (Å²) in [6.45, 7) is 3.56. The third kappa shape index (κ3) is 2.43. The van der Waals surface area contributed by atoms with Gasteiger partial charge in [0.25, 0.3) is 0 Å². The van der Waals surface area contributed by atoms with E-state index in [2.05, 4.69) is 4.98 Å². The Morgan fingerprint density at radius 2 is 2.17 bits per heavy atom. The fraction of sp³-hybridized carbons (Fsp3) is 0.231. The summed E-state index contributed by atoms with van der Waals surface area (Å²) in [5, 5.41) is 0.140. The van der Waals surface area contributed by atoms with Gasteiger partial charge in [-0.2, -0.15) is 0 Å². The van der Waals surface area contributed by atoms with Crippen LogP contribution in [0.3, 0.4) is 0 Å². The first-order valence-corrected chi connectivity index (χ1v) is 5.83. The summed E-state index contributed by atoms with van der Waals surface area (Å²) in [7, 11) is 0. The molecule has 0 N–H and O–H groups in total. The zero-order valence-corrected chi connectivity index (χ0v) is 10.8. The Morgan fingerprint density at radius 3 is 2.78 bits per heavy atom. The van der Waals surface area contributed by atoms with Crippen molar-refractivity contribution in [3.8, 4) is 0 Å². The van der Waals surface area contributed by atoms with Gasteiger partial charge in [-0.05, 0) is 31.5 Å². The minimum Gasteiger partial charge on any atom is -0.327 e. The van der Waals surface area contributed by atoms with Crippen LogP contribution in [0.15, 0.2) is 24.5 Å². The average molecular weight is 267 g/mol. The molecule has 2 aromatic rings. The van der Waals surface area contributed by atoms with Gasteiger partial charge in [0, 0.05) is 18.0 Å². The van der Waals surface area contributed by atoms with Crippen molar-refractivity contribution in [1.29, 1.82) is 0 Å². The maximum absolute atomic E-state index is 13.3. The monoisotopic (exact) mass is 266 g/mol. The Labute approximate surface area is 109 Å². The molecule has 0 aliphatic rings. The van der Waals surface area contributed by atoms with E-state index >= 15 is 0 Å². The first-order valence-electron chi connectivity index (χ1n) is 5.45. The Hall–Kier alpha value is -1.68. The minimum absolute atomic E-state index is 0.140. The Morgan fingerprint density at radius 1 is 1.44 bits per heavy atom. The molecule has 1 heterocycles. The van der Waals surface area contributed by atoms with Gasteiger partial charge in [-0.3, -0.25) is 4.79 Å². The van der Waals surface area contributed by atoms with E-state index in [0.717, 1.165) is 5.82 Å². The standard InChI is InChI=1S/C13H12ClFN2O/c1-8-5-10(11(14)6-12(8)15)13(18)7-17-4-3-16-9(17)2/h3-6H,7H2,1-2H3. The first kappa shape index (κ1) is 12.8. The lowest BCUT2D eigenvalue weighted by atomic mass is 10.1. The van der Waals surface area contributed by atoms with Crippen LogP contribution in [0.25, 0.3) is 0 Å². The van der Waals surface area contributed by atoms with E-state index in [-0.39, 0.29) is 17.4 Å². The molecule has 5 heteroatoms. The lowest BCUT2D eigenvalue weighted by molar-refractivity contribution is 0.0971. The Balaban J connectivity index is 2.30. The average Bonchev–Trinajstić information content (AvgIpc) is 2.69. The predicted octanol–water partition coefficient (Wildman–Crippen LogP) is 3.18. The van der Waals surface area contributed by atoms with E-state index in [1.165, 1.54) is 12.1 Å². The van der Waals surface area contributed by atoms with Crippen molar-refractivity contribution < 1.29 is 9.18 Å². The molecule has 0 fully saturated rings. The molecule has 1 aromatic heterocycles. The van der Waals surface area contributed by atoms with Crippen LogP contribution in [-0.4, -0.2) is 15.3 Å². The Bertz CT molecular complexity index is 607. The van der Waals surface area contributed by atoms with E-state index in [1.807, 2.05) is 6.92 Å². The van der Waals surface area contributed by atoms with E-state index in [4.69, 9.17) is 11.6 Å². The summed E-state index contributed by atoms with van der Waals surface area (Å²) in [5.41, 5.74) is 0.744. The van der Waals surface area contributed by atoms with Crippen LogP contribution in [0.2, 0.25) is 5.02 Å². The molecule has 2 rings (SSSR count). The second-order valence-electron chi connectivity index (χ2n) is 4.11. The number of hydrogen-bond donors (Lipinski definition) is 0. The quantitative estimate of drug-likeness (QED) is 0.800. The molecule has 0 saturated heterocycles. The van der Waals surface area contributed by atoms with E-state index in [9.17, 15) is 9.18 Å². The zero-order valence-electron chi connectivity index (χ0n) is 10.1. The third-order valence-corrected chi connectivity index (χ3v) is 3.10. The van der Waals surface area contributed by atoms with Crippen LogP contribution >= 0.6 is 11.6 Å². The van der Waals surface area contributed by atoms with Crippen LogP contribution in [0.5, 0.6) is 0 Å². The highest BCUT2D eigenvalue weighted by molar-refractivity contribution is 6.34. The molecule has 0 aliphatic carbocycles. The number of rotatable bonds is 3. The van der Waals surface area contributed by atoms with Crippen LogP contribution in [0, 0.1) is 19.7 Å². The SMILES string of the molecule is Cc1cc(C(=O)Cn2ccnc2C)c(Cl)cc1F. The molecule has 0 bridgehead atoms. The summed E-state index contributed by atoms with van der Waals surface area (Å²) in [6, 6.07) is 2.65. The highest BCUT2D eigenvalue weighted by Crippen LogP contribution is 2.21. The van der Waals surface area contributed by atoms with Crippen LogP contribution in [-0.2, 0) is 6.54 Å². The first-order chi connectivity index (χ1) is 8.49. The fourth-order valence-electron chi connectivity index (χ4n) is 1.68. The number of ketones is 1. The summed E-state index contributed by atoms with van der Waals surface area (Å²) in [6.07, 6.45) is 3.34. The van der Waals surface area contributed by atoms with Crippen molar-refractivity contribution in [3.63, 3.8) is 0 Å². The van der Waals surface area contributed by atoms with Gasteiger partial charge in [-0.1, -0.05) is 11.6 Å². The maximum Gasteiger partial charge on any atom is 0.184 e. The van der Waals surface area contributed by atoms with Gasteiger partial charge in [-0.15, -0.1) is 0 Å². The number of carbonyl (C=O) groups is 1. The van der Waals surface area contributed by atoms with Gasteiger partial charge in [0.2, 0.25) is 0 Å². The van der Waals surface area contributed by atoms with Gasteiger partial charge in [0.15, 0.2) is 5.78 Å². The molecule has 18 heavy (non-hydrogen) atoms. The Kier molecular flexibility index (Phi) is 3.48. The molecule has 0 aliphatic heterocycles. The van der Waals surface area contributed by atoms with Crippen molar-refractivity contribution in [2.75, 3.05) is 0 Å². The molecule has 3 nitrogen and oxygen atoms in total. The van der Waals surface area contributed by atoms with Crippen LogP contribution in [0.4, 0.5) is 4.39 Å². The number of carbonyl (C=O) groups excluding carboxylic acids is 1. The lowest BCUT2D eigenvalue weighted by Crippen LogP contribution is -2.12. The molecule has 0 atom stereocenters. The topological polar surface area (TPSA) is 34.9 Å². The molecule has 1 aromatic carbocycles. The van der Waals surface area contributed by atoms with Crippen molar-refractivity contribution >= 4 is 17.4 Å². The minimum atomic E-state index is -0.407. The van der Waals surface area contributed by atoms with E-state index < -0.39 is 5.82 Å². The number of benzene rings is 1. The second-order valence-corrected chi connectivity index (χ2v) is 4.51. The third-order valence-electron chi connectivity index (χ3n) is 2.79. The molecular formula is C13H12ClFN2O. The number of aromatic nitrogens is 2. The number of hydrogen-bond acceptors (Lipinski definition) is 2. The molecule has 0 saturated carbocycles. The van der Waals surface area contributed by atoms with Gasteiger partial charge in [0.1, 0.15) is 11.6 Å². The van der Waals surface area contributed by atoms with Gasteiger partial charge >= 0.3 is 0 Å². The van der Waals surface area contributed by atoms with Gasteiger partial charge in [-0.25, -0.2) is 9.37 Å². The summed E-state index contributed by atoms with van der Waals surface area (Å²) < 4.78 is 15.0. The zero-order chi connectivity index (χ0) is 13.3. The van der Waals surface area contributed by atoms with Crippen LogP contribution in [0.1, 0.15) is 21.7 Å². The fourth-order valence-corrected chi connectivity index (χ4v) is 1.94. The van der Waals surface area contributed by atoms with E-state index in [1.54, 1.807) is 23.9 Å². The largest absolute Gasteiger partial charge is 0.327 e. The number of aryl methyl sites for hydroxylation is 2.